The van der Waals surface area contributed by atoms with Crippen molar-refractivity contribution >= 4 is 56.0 Å². The lowest BCUT2D eigenvalue weighted by Crippen LogP contribution is -2.46. The number of hydrogen-bond acceptors (Lipinski definition) is 5. The van der Waals surface area contributed by atoms with Gasteiger partial charge in [0.15, 0.2) is 5.17 Å². The Kier molecular flexibility index (Phi) is 8.03. The highest BCUT2D eigenvalue weighted by Crippen LogP contribution is 2.31. The van der Waals surface area contributed by atoms with E-state index >= 15 is 0 Å². The summed E-state index contributed by atoms with van der Waals surface area (Å²) in [5.74, 6) is 0.396. The number of methoxy groups -OCH3 is 1. The molecule has 1 unspecified atom stereocenters. The summed E-state index contributed by atoms with van der Waals surface area (Å²) in [4.78, 5) is 32.6. The molecule has 1 atom stereocenters. The summed E-state index contributed by atoms with van der Waals surface area (Å²) >= 11 is 4.71. The molecule has 0 spiro atoms. The molecule has 3 aromatic rings. The third kappa shape index (κ3) is 6.27. The van der Waals surface area contributed by atoms with Crippen LogP contribution in [0.25, 0.3) is 0 Å². The fourth-order valence-corrected chi connectivity index (χ4v) is 4.86. The molecule has 1 N–H and O–H groups in total. The predicted octanol–water partition coefficient (Wildman–Crippen LogP) is 5.66. The number of anilines is 1. The Morgan fingerprint density at radius 3 is 2.47 bits per heavy atom. The quantitative estimate of drug-likeness (QED) is 0.422. The van der Waals surface area contributed by atoms with Gasteiger partial charge < -0.3 is 10.1 Å². The van der Waals surface area contributed by atoms with Crippen molar-refractivity contribution in [3.05, 3.63) is 88.9 Å². The van der Waals surface area contributed by atoms with E-state index in [1.807, 2.05) is 78.9 Å². The van der Waals surface area contributed by atoms with Crippen molar-refractivity contribution in [3.63, 3.8) is 0 Å². The summed E-state index contributed by atoms with van der Waals surface area (Å²) < 4.78 is 6.15. The van der Waals surface area contributed by atoms with Crippen molar-refractivity contribution in [1.82, 2.24) is 4.90 Å². The monoisotopic (exact) mass is 537 g/mol. The lowest BCUT2D eigenvalue weighted by molar-refractivity contribution is -0.129. The molecule has 0 saturated carbocycles. The first-order valence-corrected chi connectivity index (χ1v) is 12.5. The fraction of sp³-hybridized carbons (Fsp3) is 0.192. The van der Waals surface area contributed by atoms with Crippen LogP contribution < -0.4 is 10.1 Å². The smallest absolute Gasteiger partial charge is 0.238 e. The second-order valence-corrected chi connectivity index (χ2v) is 9.77. The first kappa shape index (κ1) is 24.0. The Bertz CT molecular complexity index is 1170. The lowest BCUT2D eigenvalue weighted by atomic mass is 10.1. The highest BCUT2D eigenvalue weighted by atomic mass is 79.9. The van der Waals surface area contributed by atoms with Crippen molar-refractivity contribution in [2.45, 2.75) is 18.1 Å². The number of nitrogens with one attached hydrogen (secondary N) is 1. The van der Waals surface area contributed by atoms with Crippen LogP contribution in [0.15, 0.2) is 88.3 Å². The van der Waals surface area contributed by atoms with Crippen molar-refractivity contribution in [2.24, 2.45) is 4.99 Å². The van der Waals surface area contributed by atoms with Crippen LogP contribution in [-0.4, -0.2) is 40.8 Å². The van der Waals surface area contributed by atoms with Gasteiger partial charge in [-0.2, -0.15) is 0 Å². The molecule has 1 aliphatic rings. The first-order valence-electron chi connectivity index (χ1n) is 10.8. The van der Waals surface area contributed by atoms with Gasteiger partial charge in [0.2, 0.25) is 11.8 Å². The van der Waals surface area contributed by atoms with Crippen LogP contribution in [-0.2, 0) is 16.0 Å². The van der Waals surface area contributed by atoms with Gasteiger partial charge >= 0.3 is 0 Å². The molecular formula is C26H24BrN3O3S. The van der Waals surface area contributed by atoms with Gasteiger partial charge in [0.25, 0.3) is 0 Å². The number of hydrogen-bond donors (Lipinski definition) is 1. The number of benzene rings is 3. The number of amidine groups is 1. The summed E-state index contributed by atoms with van der Waals surface area (Å²) in [5, 5.41) is 2.86. The van der Waals surface area contributed by atoms with Gasteiger partial charge in [0, 0.05) is 23.1 Å². The second-order valence-electron chi connectivity index (χ2n) is 7.68. The van der Waals surface area contributed by atoms with Gasteiger partial charge in [-0.15, -0.1) is 0 Å². The molecular weight excluding hydrogens is 514 g/mol. The zero-order chi connectivity index (χ0) is 23.9. The lowest BCUT2D eigenvalue weighted by Gasteiger charge is -2.32. The minimum atomic E-state index is -0.568. The van der Waals surface area contributed by atoms with Gasteiger partial charge in [-0.25, -0.2) is 4.99 Å². The van der Waals surface area contributed by atoms with E-state index in [-0.39, 0.29) is 18.2 Å². The van der Waals surface area contributed by atoms with Gasteiger partial charge in [-0.05, 0) is 60.5 Å². The van der Waals surface area contributed by atoms with Crippen molar-refractivity contribution in [3.8, 4) is 5.75 Å². The topological polar surface area (TPSA) is 71.0 Å². The largest absolute Gasteiger partial charge is 0.497 e. The zero-order valence-corrected chi connectivity index (χ0v) is 21.0. The molecule has 0 radical (unpaired) electrons. The molecule has 1 aliphatic heterocycles. The van der Waals surface area contributed by atoms with E-state index in [0.717, 1.165) is 15.8 Å². The molecule has 0 bridgehead atoms. The normalized spacial score (nSPS) is 17.0. The van der Waals surface area contributed by atoms with E-state index in [4.69, 9.17) is 9.73 Å². The number of halogens is 1. The fourth-order valence-electron chi connectivity index (χ4n) is 3.47. The SMILES string of the molecule is COc1ccc(N=C2SC(C(=O)Nc3ccc(Br)cc3)CC(=O)N2CCc2ccccc2)cc1. The van der Waals surface area contributed by atoms with Crippen LogP contribution in [0.5, 0.6) is 5.75 Å². The van der Waals surface area contributed by atoms with Gasteiger partial charge in [0.1, 0.15) is 11.0 Å². The maximum atomic E-state index is 13.2. The third-order valence-corrected chi connectivity index (χ3v) is 7.02. The molecule has 6 nitrogen and oxygen atoms in total. The summed E-state index contributed by atoms with van der Waals surface area (Å²) in [6, 6.07) is 24.7. The summed E-state index contributed by atoms with van der Waals surface area (Å²) in [7, 11) is 1.61. The molecule has 2 amide bonds. The maximum absolute atomic E-state index is 13.2. The average Bonchev–Trinajstić information content (AvgIpc) is 2.86. The highest BCUT2D eigenvalue weighted by molar-refractivity contribution is 9.10. The van der Waals surface area contributed by atoms with E-state index in [1.54, 1.807) is 12.0 Å². The molecule has 0 aliphatic carbocycles. The van der Waals surface area contributed by atoms with Gasteiger partial charge in [0.05, 0.1) is 12.8 Å². The number of rotatable bonds is 7. The number of aliphatic imine (C=N–C) groups is 1. The molecule has 174 valence electrons. The molecule has 3 aromatic carbocycles. The van der Waals surface area contributed by atoms with Crippen molar-refractivity contribution < 1.29 is 14.3 Å². The third-order valence-electron chi connectivity index (χ3n) is 5.31. The Morgan fingerprint density at radius 1 is 1.09 bits per heavy atom. The highest BCUT2D eigenvalue weighted by Gasteiger charge is 2.35. The number of carbonyl (C=O) groups excluding carboxylic acids is 2. The van der Waals surface area contributed by atoms with E-state index in [9.17, 15) is 9.59 Å². The van der Waals surface area contributed by atoms with Crippen LogP contribution in [0.2, 0.25) is 0 Å². The maximum Gasteiger partial charge on any atom is 0.238 e. The summed E-state index contributed by atoms with van der Waals surface area (Å²) in [5.41, 5.74) is 2.51. The molecule has 1 fully saturated rings. The van der Waals surface area contributed by atoms with Gasteiger partial charge in [-0.3, -0.25) is 14.5 Å². The van der Waals surface area contributed by atoms with Crippen LogP contribution in [0.4, 0.5) is 11.4 Å². The first-order chi connectivity index (χ1) is 16.5. The number of amides is 2. The standard InChI is InChI=1S/C26H24BrN3O3S/c1-33-22-13-11-21(12-14-22)29-26-30(16-15-18-5-3-2-4-6-18)24(31)17-23(34-26)25(32)28-20-9-7-19(27)8-10-20/h2-14,23H,15-17H2,1H3,(H,28,32). The average molecular weight is 538 g/mol. The van der Waals surface area contributed by atoms with Crippen LogP contribution >= 0.6 is 27.7 Å². The van der Waals surface area contributed by atoms with E-state index < -0.39 is 5.25 Å². The Morgan fingerprint density at radius 2 is 1.79 bits per heavy atom. The molecule has 34 heavy (non-hydrogen) atoms. The minimum absolute atomic E-state index is 0.113. The van der Waals surface area contributed by atoms with Crippen molar-refractivity contribution in [2.75, 3.05) is 19.0 Å². The molecule has 0 aromatic heterocycles. The van der Waals surface area contributed by atoms with Gasteiger partial charge in [-0.1, -0.05) is 58.0 Å². The van der Waals surface area contributed by atoms with E-state index in [2.05, 4.69) is 21.2 Å². The minimum Gasteiger partial charge on any atom is -0.497 e. The van der Waals surface area contributed by atoms with Crippen molar-refractivity contribution in [1.29, 1.82) is 0 Å². The molecule has 4 rings (SSSR count). The molecule has 1 heterocycles. The van der Waals surface area contributed by atoms with E-state index in [1.165, 1.54) is 11.8 Å². The number of ether oxygens (including phenoxy) is 1. The van der Waals surface area contributed by atoms with Crippen LogP contribution in [0.1, 0.15) is 12.0 Å². The molecule has 8 heteroatoms. The number of nitrogens with zero attached hydrogens (tertiary/aromatic N) is 2. The number of thioether (sulfide) groups is 1. The Balaban J connectivity index is 1.55. The van der Waals surface area contributed by atoms with Crippen LogP contribution in [0, 0.1) is 0 Å². The predicted molar refractivity (Wildman–Crippen MR) is 141 cm³/mol. The van der Waals surface area contributed by atoms with E-state index in [0.29, 0.717) is 29.5 Å². The number of carbonyl (C=O) groups is 2. The summed E-state index contributed by atoms with van der Waals surface area (Å²) in [6.07, 6.45) is 0.813. The Hall–Kier alpha value is -3.10. The van der Waals surface area contributed by atoms with Crippen LogP contribution in [0.3, 0.4) is 0 Å². The molecule has 1 saturated heterocycles. The zero-order valence-electron chi connectivity index (χ0n) is 18.6. The Labute approximate surface area is 211 Å². The summed E-state index contributed by atoms with van der Waals surface area (Å²) in [6.45, 7) is 0.492. The second kappa shape index (κ2) is 11.4.